The number of phenols is 1. The van der Waals surface area contributed by atoms with Crippen molar-refractivity contribution in [1.82, 2.24) is 9.62 Å². The van der Waals surface area contributed by atoms with Crippen LogP contribution in [0.5, 0.6) is 11.5 Å². The molecule has 0 fully saturated rings. The molecular formula is C14H24N2O4S. The number of hydrogen-bond acceptors (Lipinski definition) is 5. The smallest absolute Gasteiger partial charge is 0.211 e. The van der Waals surface area contributed by atoms with Crippen LogP contribution in [0.1, 0.15) is 18.9 Å². The number of sulfonamides is 1. The van der Waals surface area contributed by atoms with Crippen LogP contribution in [0.15, 0.2) is 18.2 Å². The number of ether oxygens (including phenoxy) is 1. The van der Waals surface area contributed by atoms with Gasteiger partial charge in [0.2, 0.25) is 10.0 Å². The second kappa shape index (κ2) is 8.21. The highest BCUT2D eigenvalue weighted by molar-refractivity contribution is 7.88. The van der Waals surface area contributed by atoms with Crippen molar-refractivity contribution < 1.29 is 18.3 Å². The molecule has 120 valence electrons. The zero-order chi connectivity index (χ0) is 15.9. The van der Waals surface area contributed by atoms with E-state index in [1.54, 1.807) is 6.07 Å². The van der Waals surface area contributed by atoms with Crippen LogP contribution in [0.3, 0.4) is 0 Å². The number of nitrogens with one attached hydrogen (secondary N) is 1. The zero-order valence-corrected chi connectivity index (χ0v) is 13.6. The summed E-state index contributed by atoms with van der Waals surface area (Å²) < 4.78 is 29.3. The molecule has 1 aromatic rings. The largest absolute Gasteiger partial charge is 0.504 e. The van der Waals surface area contributed by atoms with Crippen LogP contribution in [0.2, 0.25) is 0 Å². The van der Waals surface area contributed by atoms with E-state index in [0.29, 0.717) is 38.3 Å². The topological polar surface area (TPSA) is 78.9 Å². The van der Waals surface area contributed by atoms with Gasteiger partial charge < -0.3 is 15.2 Å². The molecule has 0 aliphatic heterocycles. The van der Waals surface area contributed by atoms with Crippen molar-refractivity contribution in [1.29, 1.82) is 0 Å². The summed E-state index contributed by atoms with van der Waals surface area (Å²) in [6.45, 7) is 3.97. The summed E-state index contributed by atoms with van der Waals surface area (Å²) in [5.41, 5.74) is 0.754. The van der Waals surface area contributed by atoms with Crippen molar-refractivity contribution in [3.63, 3.8) is 0 Å². The van der Waals surface area contributed by atoms with Crippen LogP contribution in [-0.2, 0) is 16.6 Å². The molecule has 0 heterocycles. The first-order chi connectivity index (χ1) is 9.90. The molecule has 0 bridgehead atoms. The molecule has 0 saturated carbocycles. The number of benzene rings is 1. The van der Waals surface area contributed by atoms with E-state index in [1.807, 2.05) is 19.1 Å². The highest BCUT2D eigenvalue weighted by atomic mass is 32.2. The van der Waals surface area contributed by atoms with Crippen LogP contribution in [0, 0.1) is 0 Å². The van der Waals surface area contributed by atoms with Crippen LogP contribution < -0.4 is 10.1 Å². The molecular weight excluding hydrogens is 292 g/mol. The Labute approximate surface area is 126 Å². The Morgan fingerprint density at radius 1 is 1.38 bits per heavy atom. The fourth-order valence-electron chi connectivity index (χ4n) is 2.04. The van der Waals surface area contributed by atoms with Crippen molar-refractivity contribution in [2.75, 3.05) is 33.0 Å². The average Bonchev–Trinajstić information content (AvgIpc) is 2.43. The van der Waals surface area contributed by atoms with Gasteiger partial charge >= 0.3 is 0 Å². The maximum Gasteiger partial charge on any atom is 0.211 e. The summed E-state index contributed by atoms with van der Waals surface area (Å²) in [5.74, 6) is 0.586. The molecule has 0 amide bonds. The average molecular weight is 316 g/mol. The van der Waals surface area contributed by atoms with Gasteiger partial charge in [-0.25, -0.2) is 12.7 Å². The number of nitrogens with zero attached hydrogens (tertiary/aromatic N) is 1. The molecule has 0 aliphatic carbocycles. The fourth-order valence-corrected chi connectivity index (χ4v) is 2.97. The van der Waals surface area contributed by atoms with E-state index in [9.17, 15) is 13.5 Å². The third kappa shape index (κ3) is 5.53. The first-order valence-electron chi connectivity index (χ1n) is 6.90. The Bertz CT molecular complexity index is 546. The van der Waals surface area contributed by atoms with E-state index in [4.69, 9.17) is 4.74 Å². The second-order valence-corrected chi connectivity index (χ2v) is 6.74. The van der Waals surface area contributed by atoms with Crippen molar-refractivity contribution in [2.24, 2.45) is 0 Å². The molecule has 0 unspecified atom stereocenters. The van der Waals surface area contributed by atoms with Gasteiger partial charge in [0.1, 0.15) is 0 Å². The highest BCUT2D eigenvalue weighted by Crippen LogP contribution is 2.28. The third-order valence-corrected chi connectivity index (χ3v) is 4.58. The number of phenolic OH excluding ortho intramolecular Hbond substituents is 1. The summed E-state index contributed by atoms with van der Waals surface area (Å²) in [6.07, 6.45) is 1.93. The molecule has 2 N–H and O–H groups in total. The van der Waals surface area contributed by atoms with Crippen molar-refractivity contribution in [3.05, 3.63) is 23.8 Å². The van der Waals surface area contributed by atoms with Gasteiger partial charge in [-0.1, -0.05) is 19.1 Å². The number of hydrogen-bond donors (Lipinski definition) is 2. The third-order valence-electron chi connectivity index (χ3n) is 3.20. The lowest BCUT2D eigenvalue weighted by Gasteiger charge is -2.17. The minimum Gasteiger partial charge on any atom is -0.504 e. The van der Waals surface area contributed by atoms with Crippen LogP contribution in [0.4, 0.5) is 0 Å². The molecule has 6 nitrogen and oxygen atoms in total. The van der Waals surface area contributed by atoms with E-state index >= 15 is 0 Å². The van der Waals surface area contributed by atoms with Gasteiger partial charge in [0.05, 0.1) is 13.4 Å². The minimum atomic E-state index is -3.12. The predicted octanol–water partition coefficient (Wildman–Crippen LogP) is 1.16. The molecule has 0 atom stereocenters. The number of rotatable bonds is 9. The Balaban J connectivity index is 2.38. The first kappa shape index (κ1) is 17.7. The minimum absolute atomic E-state index is 0.138. The molecule has 21 heavy (non-hydrogen) atoms. The molecule has 0 aliphatic rings. The van der Waals surface area contributed by atoms with Gasteiger partial charge in [-0.3, -0.25) is 0 Å². The molecule has 7 heteroatoms. The van der Waals surface area contributed by atoms with Gasteiger partial charge in [0.25, 0.3) is 0 Å². The van der Waals surface area contributed by atoms with E-state index in [-0.39, 0.29) is 5.75 Å². The Morgan fingerprint density at radius 3 is 2.67 bits per heavy atom. The monoisotopic (exact) mass is 316 g/mol. The number of aromatic hydroxyl groups is 1. The highest BCUT2D eigenvalue weighted by Gasteiger charge is 2.13. The SMILES string of the molecule is CCN(CCCNCc1cccc(OC)c1O)S(C)(=O)=O. The van der Waals surface area contributed by atoms with E-state index in [1.165, 1.54) is 17.7 Å². The maximum atomic E-state index is 11.4. The zero-order valence-electron chi connectivity index (χ0n) is 12.8. The van der Waals surface area contributed by atoms with Crippen LogP contribution in [-0.4, -0.2) is 50.8 Å². The summed E-state index contributed by atoms with van der Waals surface area (Å²) in [5, 5.41) is 13.1. The standard InChI is InChI=1S/C14H24N2O4S/c1-4-16(21(3,18)19)10-6-9-15-11-12-7-5-8-13(20-2)14(12)17/h5,7-8,15,17H,4,6,9-11H2,1-3H3. The lowest BCUT2D eigenvalue weighted by Crippen LogP contribution is -2.32. The summed E-state index contributed by atoms with van der Waals surface area (Å²) in [6, 6.07) is 5.34. The Kier molecular flexibility index (Phi) is 6.94. The lowest BCUT2D eigenvalue weighted by atomic mass is 10.2. The normalized spacial score (nSPS) is 11.8. The van der Waals surface area contributed by atoms with Crippen LogP contribution in [0.25, 0.3) is 0 Å². The van der Waals surface area contributed by atoms with E-state index in [2.05, 4.69) is 5.32 Å². The molecule has 0 spiro atoms. The Morgan fingerprint density at radius 2 is 2.10 bits per heavy atom. The van der Waals surface area contributed by atoms with E-state index in [0.717, 1.165) is 5.56 Å². The molecule has 1 rings (SSSR count). The summed E-state index contributed by atoms with van der Waals surface area (Å²) in [7, 11) is -1.61. The lowest BCUT2D eigenvalue weighted by molar-refractivity contribution is 0.369. The predicted molar refractivity (Wildman–Crippen MR) is 83.1 cm³/mol. The molecule has 0 saturated heterocycles. The van der Waals surface area contributed by atoms with Gasteiger partial charge in [0.15, 0.2) is 11.5 Å². The van der Waals surface area contributed by atoms with Crippen molar-refractivity contribution >= 4 is 10.0 Å². The quantitative estimate of drug-likeness (QED) is 0.669. The fraction of sp³-hybridized carbons (Fsp3) is 0.571. The van der Waals surface area contributed by atoms with Gasteiger partial charge in [-0.15, -0.1) is 0 Å². The first-order valence-corrected chi connectivity index (χ1v) is 8.75. The van der Waals surface area contributed by atoms with Gasteiger partial charge in [-0.2, -0.15) is 0 Å². The summed E-state index contributed by atoms with van der Waals surface area (Å²) in [4.78, 5) is 0. The molecule has 0 aromatic heterocycles. The molecule has 0 radical (unpaired) electrons. The van der Waals surface area contributed by atoms with Gasteiger partial charge in [-0.05, 0) is 19.0 Å². The number of para-hydroxylation sites is 1. The van der Waals surface area contributed by atoms with Crippen LogP contribution >= 0.6 is 0 Å². The second-order valence-electron chi connectivity index (χ2n) is 4.75. The maximum absolute atomic E-state index is 11.4. The summed E-state index contributed by atoms with van der Waals surface area (Å²) >= 11 is 0. The van der Waals surface area contributed by atoms with Gasteiger partial charge in [0, 0.05) is 25.2 Å². The van der Waals surface area contributed by atoms with E-state index < -0.39 is 10.0 Å². The van der Waals surface area contributed by atoms with Crippen molar-refractivity contribution in [3.8, 4) is 11.5 Å². The van der Waals surface area contributed by atoms with Crippen molar-refractivity contribution in [2.45, 2.75) is 19.9 Å². The molecule has 1 aromatic carbocycles. The Hall–Kier alpha value is -1.31. The number of methoxy groups -OCH3 is 1.